The van der Waals surface area contributed by atoms with E-state index < -0.39 is 23.7 Å². The Kier molecular flexibility index (Phi) is 6.18. The highest BCUT2D eigenvalue weighted by molar-refractivity contribution is 6.33. The van der Waals surface area contributed by atoms with Gasteiger partial charge in [0.05, 0.1) is 15.6 Å². The summed E-state index contributed by atoms with van der Waals surface area (Å²) in [5, 5.41) is 13.0. The van der Waals surface area contributed by atoms with E-state index in [1.54, 1.807) is 0 Å². The van der Waals surface area contributed by atoms with Crippen molar-refractivity contribution >= 4 is 28.8 Å². The van der Waals surface area contributed by atoms with Gasteiger partial charge in [-0.1, -0.05) is 28.4 Å². The standard InChI is InChI=1S/C19H13Cl2F4N5O3/c20-11-3-15(32-7-9(31)4-26)13(22)2-10(11)16-28-18(33-29-16)14-6-30-5-8(19(23,24)25)1-12(21)17(30)27-14/h1-3,5-6,9,31H,4,7,26H2. The number of alkyl halides is 3. The third-order valence-electron chi connectivity index (χ3n) is 4.44. The summed E-state index contributed by atoms with van der Waals surface area (Å²) in [4.78, 5) is 8.22. The van der Waals surface area contributed by atoms with E-state index in [1.165, 1.54) is 12.3 Å². The number of nitrogens with zero attached hydrogens (tertiary/aromatic N) is 4. The van der Waals surface area contributed by atoms with Crippen LogP contribution in [0.4, 0.5) is 17.6 Å². The fraction of sp³-hybridized carbons (Fsp3) is 0.211. The van der Waals surface area contributed by atoms with E-state index in [1.807, 2.05) is 0 Å². The fourth-order valence-electron chi connectivity index (χ4n) is 2.82. The summed E-state index contributed by atoms with van der Waals surface area (Å²) in [5.74, 6) is -1.26. The van der Waals surface area contributed by atoms with E-state index in [-0.39, 0.29) is 57.6 Å². The molecule has 0 saturated heterocycles. The van der Waals surface area contributed by atoms with Crippen LogP contribution in [0.2, 0.25) is 10.0 Å². The number of benzene rings is 1. The first-order valence-electron chi connectivity index (χ1n) is 9.16. The molecule has 0 bridgehead atoms. The van der Waals surface area contributed by atoms with Crippen molar-refractivity contribution in [3.63, 3.8) is 0 Å². The van der Waals surface area contributed by atoms with Gasteiger partial charge in [-0.05, 0) is 12.1 Å². The van der Waals surface area contributed by atoms with Crippen LogP contribution in [0, 0.1) is 5.82 Å². The second kappa shape index (κ2) is 8.78. The van der Waals surface area contributed by atoms with Crippen molar-refractivity contribution in [2.24, 2.45) is 5.73 Å². The summed E-state index contributed by atoms with van der Waals surface area (Å²) in [5.41, 5.74) is 4.47. The second-order valence-corrected chi connectivity index (χ2v) is 7.63. The number of fused-ring (bicyclic) bond motifs is 1. The van der Waals surface area contributed by atoms with Gasteiger partial charge < -0.3 is 24.5 Å². The SMILES string of the molecule is NCC(O)COc1cc(Cl)c(-c2noc(-c3cn4cc(C(F)(F)F)cc(Cl)c4n3)n2)cc1F. The van der Waals surface area contributed by atoms with Gasteiger partial charge in [0.2, 0.25) is 5.82 Å². The molecule has 0 saturated carbocycles. The maximum atomic E-state index is 14.4. The highest BCUT2D eigenvalue weighted by Gasteiger charge is 2.32. The molecule has 0 aliphatic heterocycles. The fourth-order valence-corrected chi connectivity index (χ4v) is 3.31. The van der Waals surface area contributed by atoms with E-state index in [0.717, 1.165) is 22.7 Å². The molecule has 0 spiro atoms. The van der Waals surface area contributed by atoms with Gasteiger partial charge in [0.25, 0.3) is 5.89 Å². The minimum absolute atomic E-state index is 0.0221. The maximum absolute atomic E-state index is 14.4. The van der Waals surface area contributed by atoms with Gasteiger partial charge in [-0.3, -0.25) is 0 Å². The van der Waals surface area contributed by atoms with Crippen LogP contribution in [0.15, 0.2) is 35.1 Å². The van der Waals surface area contributed by atoms with Gasteiger partial charge in [0.1, 0.15) is 18.4 Å². The van der Waals surface area contributed by atoms with Gasteiger partial charge in [-0.25, -0.2) is 9.37 Å². The lowest BCUT2D eigenvalue weighted by atomic mass is 10.2. The summed E-state index contributed by atoms with van der Waals surface area (Å²) in [6.07, 6.45) is -3.52. The number of hydrogen-bond donors (Lipinski definition) is 2. The maximum Gasteiger partial charge on any atom is 0.417 e. The molecule has 0 fully saturated rings. The molecule has 3 heterocycles. The van der Waals surface area contributed by atoms with Gasteiger partial charge in [-0.2, -0.15) is 18.2 Å². The summed E-state index contributed by atoms with van der Waals surface area (Å²) in [7, 11) is 0. The third-order valence-corrected chi connectivity index (χ3v) is 5.04. The van der Waals surface area contributed by atoms with Crippen molar-refractivity contribution in [1.29, 1.82) is 0 Å². The van der Waals surface area contributed by atoms with E-state index in [2.05, 4.69) is 15.1 Å². The molecule has 4 rings (SSSR count). The van der Waals surface area contributed by atoms with Crippen LogP contribution in [0.3, 0.4) is 0 Å². The minimum atomic E-state index is -4.60. The lowest BCUT2D eigenvalue weighted by Gasteiger charge is -2.12. The molecule has 1 aromatic carbocycles. The molecule has 4 aromatic rings. The smallest absolute Gasteiger partial charge is 0.417 e. The quantitative estimate of drug-likeness (QED) is 0.377. The zero-order valence-electron chi connectivity index (χ0n) is 16.3. The van der Waals surface area contributed by atoms with Crippen molar-refractivity contribution in [3.8, 4) is 28.7 Å². The molecule has 33 heavy (non-hydrogen) atoms. The number of aliphatic hydroxyl groups is 1. The molecule has 1 unspecified atom stereocenters. The molecule has 3 N–H and O–H groups in total. The molecule has 3 aromatic heterocycles. The Morgan fingerprint density at radius 3 is 2.61 bits per heavy atom. The lowest BCUT2D eigenvalue weighted by Crippen LogP contribution is -2.26. The predicted molar refractivity (Wildman–Crippen MR) is 109 cm³/mol. The Balaban J connectivity index is 1.65. The van der Waals surface area contributed by atoms with Gasteiger partial charge in [-0.15, -0.1) is 0 Å². The highest BCUT2D eigenvalue weighted by Crippen LogP contribution is 2.35. The van der Waals surface area contributed by atoms with Crippen LogP contribution >= 0.6 is 23.2 Å². The van der Waals surface area contributed by atoms with Crippen LogP contribution in [0.1, 0.15) is 5.56 Å². The molecule has 0 aliphatic rings. The van der Waals surface area contributed by atoms with Crippen molar-refractivity contribution in [2.45, 2.75) is 12.3 Å². The van der Waals surface area contributed by atoms with Gasteiger partial charge >= 0.3 is 6.18 Å². The largest absolute Gasteiger partial charge is 0.488 e. The molecule has 14 heteroatoms. The average molecular weight is 506 g/mol. The minimum Gasteiger partial charge on any atom is -0.488 e. The Bertz CT molecular complexity index is 1320. The topological polar surface area (TPSA) is 112 Å². The first-order valence-corrected chi connectivity index (χ1v) is 9.92. The van der Waals surface area contributed by atoms with Crippen LogP contribution < -0.4 is 10.5 Å². The highest BCUT2D eigenvalue weighted by atomic mass is 35.5. The molecule has 0 amide bonds. The molecule has 1 atom stereocenters. The molecule has 174 valence electrons. The Hall–Kier alpha value is -2.93. The Morgan fingerprint density at radius 1 is 1.15 bits per heavy atom. The van der Waals surface area contributed by atoms with Gasteiger partial charge in [0.15, 0.2) is 17.2 Å². The first kappa shape index (κ1) is 23.2. The van der Waals surface area contributed by atoms with E-state index in [4.69, 9.17) is 38.2 Å². The Labute approximate surface area is 192 Å². The average Bonchev–Trinajstić information content (AvgIpc) is 3.40. The van der Waals surface area contributed by atoms with Crippen LogP contribution in [0.25, 0.3) is 28.6 Å². The number of nitrogens with two attached hydrogens (primary N) is 1. The number of ether oxygens (including phenoxy) is 1. The van der Waals surface area contributed by atoms with E-state index in [0.29, 0.717) is 0 Å². The van der Waals surface area contributed by atoms with Crippen molar-refractivity contribution in [1.82, 2.24) is 19.5 Å². The number of pyridine rings is 1. The van der Waals surface area contributed by atoms with Crippen molar-refractivity contribution in [3.05, 3.63) is 52.0 Å². The second-order valence-electron chi connectivity index (χ2n) is 6.82. The number of imidazole rings is 1. The lowest BCUT2D eigenvalue weighted by molar-refractivity contribution is -0.137. The summed E-state index contributed by atoms with van der Waals surface area (Å²) >= 11 is 12.1. The number of hydrogen-bond acceptors (Lipinski definition) is 7. The molecular weight excluding hydrogens is 493 g/mol. The summed E-state index contributed by atoms with van der Waals surface area (Å²) in [6, 6.07) is 2.94. The van der Waals surface area contributed by atoms with Crippen molar-refractivity contribution < 1.29 is 31.9 Å². The molecular formula is C19H13Cl2F4N5O3. The zero-order chi connectivity index (χ0) is 23.9. The van der Waals surface area contributed by atoms with Crippen molar-refractivity contribution in [2.75, 3.05) is 13.2 Å². The van der Waals surface area contributed by atoms with Gasteiger partial charge in [0, 0.05) is 30.6 Å². The summed E-state index contributed by atoms with van der Waals surface area (Å²) < 4.78 is 64.8. The number of aliphatic hydroxyl groups excluding tert-OH is 1. The predicted octanol–water partition coefficient (Wildman–Crippen LogP) is 4.21. The van der Waals surface area contributed by atoms with E-state index >= 15 is 0 Å². The normalized spacial score (nSPS) is 13.0. The number of aromatic nitrogens is 4. The van der Waals surface area contributed by atoms with Crippen LogP contribution in [-0.4, -0.2) is 43.9 Å². The molecule has 0 radical (unpaired) electrons. The third kappa shape index (κ3) is 4.74. The van der Waals surface area contributed by atoms with E-state index in [9.17, 15) is 22.7 Å². The number of rotatable bonds is 6. The Morgan fingerprint density at radius 2 is 1.91 bits per heavy atom. The zero-order valence-corrected chi connectivity index (χ0v) is 17.8. The van der Waals surface area contributed by atoms with Crippen LogP contribution in [0.5, 0.6) is 5.75 Å². The number of halogens is 6. The summed E-state index contributed by atoms with van der Waals surface area (Å²) in [6.45, 7) is -0.299. The monoisotopic (exact) mass is 505 g/mol. The molecule has 0 aliphatic carbocycles. The van der Waals surface area contributed by atoms with Crippen LogP contribution in [-0.2, 0) is 6.18 Å². The first-order chi connectivity index (χ1) is 15.6. The molecule has 8 nitrogen and oxygen atoms in total.